The molecule has 0 saturated heterocycles. The first-order valence-electron chi connectivity index (χ1n) is 6.86. The molecule has 100 valence electrons. The van der Waals surface area contributed by atoms with Crippen molar-refractivity contribution in [3.05, 3.63) is 65.7 Å². The van der Waals surface area contributed by atoms with Gasteiger partial charge in [0.15, 0.2) is 0 Å². The first-order valence-corrected chi connectivity index (χ1v) is 6.86. The number of rotatable bonds is 6. The second-order valence-corrected chi connectivity index (χ2v) is 4.77. The number of quaternary nitrogens is 1. The summed E-state index contributed by atoms with van der Waals surface area (Å²) in [5.74, 6) is 0.979. The van der Waals surface area contributed by atoms with Gasteiger partial charge in [-0.2, -0.15) is 0 Å². The summed E-state index contributed by atoms with van der Waals surface area (Å²) in [4.78, 5) is 0. The van der Waals surface area contributed by atoms with Crippen molar-refractivity contribution < 1.29 is 10.1 Å². The maximum Gasteiger partial charge on any atom is 0.129 e. The Bertz CT molecular complexity index is 496. The van der Waals surface area contributed by atoms with Crippen LogP contribution in [0.3, 0.4) is 0 Å². The molecule has 0 radical (unpaired) electrons. The summed E-state index contributed by atoms with van der Waals surface area (Å²) in [6, 6.07) is 18.6. The molecule has 0 amide bonds. The minimum atomic E-state index is 0.124. The van der Waals surface area contributed by atoms with Gasteiger partial charge in [0.2, 0.25) is 0 Å². The van der Waals surface area contributed by atoms with E-state index >= 15 is 0 Å². The molecule has 19 heavy (non-hydrogen) atoms. The summed E-state index contributed by atoms with van der Waals surface area (Å²) < 4.78 is 6.21. The molecule has 0 saturated carbocycles. The van der Waals surface area contributed by atoms with Crippen LogP contribution in [-0.2, 0) is 0 Å². The lowest BCUT2D eigenvalue weighted by Crippen LogP contribution is -2.79. The predicted octanol–water partition coefficient (Wildman–Crippen LogP) is 2.70. The highest BCUT2D eigenvalue weighted by Gasteiger charge is 2.14. The van der Waals surface area contributed by atoms with Crippen LogP contribution in [0.2, 0.25) is 0 Å². The Balaban J connectivity index is 2.17. The standard InChI is InChI=1S/C17H21NO/c1-14-8-6-7-11-16(14)19-17(12-13-18-2)15-9-4-3-5-10-15/h3-11,17-18H,12-13H2,1-2H3/p+1/t17-/m1/s1. The maximum absolute atomic E-state index is 6.21. The summed E-state index contributed by atoms with van der Waals surface area (Å²) >= 11 is 0. The van der Waals surface area contributed by atoms with Gasteiger partial charge in [-0.3, -0.25) is 0 Å². The van der Waals surface area contributed by atoms with Gasteiger partial charge in [0.05, 0.1) is 13.6 Å². The van der Waals surface area contributed by atoms with E-state index in [2.05, 4.69) is 49.6 Å². The highest BCUT2D eigenvalue weighted by Crippen LogP contribution is 2.26. The van der Waals surface area contributed by atoms with Crippen LogP contribution in [0, 0.1) is 6.92 Å². The molecular weight excluding hydrogens is 234 g/mol. The van der Waals surface area contributed by atoms with Crippen molar-refractivity contribution in [2.75, 3.05) is 13.6 Å². The zero-order valence-corrected chi connectivity index (χ0v) is 11.7. The van der Waals surface area contributed by atoms with Crippen LogP contribution in [0.15, 0.2) is 54.6 Å². The zero-order valence-electron chi connectivity index (χ0n) is 11.7. The summed E-state index contributed by atoms with van der Waals surface area (Å²) in [5, 5.41) is 2.19. The van der Waals surface area contributed by atoms with Gasteiger partial charge in [-0.1, -0.05) is 48.5 Å². The van der Waals surface area contributed by atoms with E-state index in [0.717, 1.165) is 18.7 Å². The zero-order chi connectivity index (χ0) is 13.5. The molecule has 0 spiro atoms. The van der Waals surface area contributed by atoms with E-state index in [9.17, 15) is 0 Å². The summed E-state index contributed by atoms with van der Waals surface area (Å²) in [5.41, 5.74) is 2.43. The molecular formula is C17H22NO+. The molecule has 0 aliphatic rings. The van der Waals surface area contributed by atoms with Crippen LogP contribution >= 0.6 is 0 Å². The van der Waals surface area contributed by atoms with Crippen LogP contribution in [0.1, 0.15) is 23.7 Å². The minimum Gasteiger partial charge on any atom is -0.485 e. The SMILES string of the molecule is C[NH2+]CC[C@@H](Oc1ccccc1C)c1ccccc1. The van der Waals surface area contributed by atoms with Crippen LogP contribution < -0.4 is 10.1 Å². The third-order valence-electron chi connectivity index (χ3n) is 3.25. The molecule has 2 heteroatoms. The van der Waals surface area contributed by atoms with Crippen molar-refractivity contribution in [3.63, 3.8) is 0 Å². The molecule has 2 aromatic rings. The molecule has 0 bridgehead atoms. The second-order valence-electron chi connectivity index (χ2n) is 4.77. The largest absolute Gasteiger partial charge is 0.485 e. The minimum absolute atomic E-state index is 0.124. The highest BCUT2D eigenvalue weighted by atomic mass is 16.5. The number of aryl methyl sites for hydroxylation is 1. The number of benzene rings is 2. The monoisotopic (exact) mass is 256 g/mol. The van der Waals surface area contributed by atoms with Crippen molar-refractivity contribution in [2.45, 2.75) is 19.4 Å². The van der Waals surface area contributed by atoms with Gasteiger partial charge in [0.1, 0.15) is 11.9 Å². The van der Waals surface area contributed by atoms with Gasteiger partial charge in [-0.15, -0.1) is 0 Å². The van der Waals surface area contributed by atoms with E-state index in [0.29, 0.717) is 0 Å². The third-order valence-corrected chi connectivity index (χ3v) is 3.25. The average Bonchev–Trinajstić information content (AvgIpc) is 2.46. The number of nitrogens with two attached hydrogens (primary N) is 1. The first-order chi connectivity index (χ1) is 9.31. The predicted molar refractivity (Wildman–Crippen MR) is 78.3 cm³/mol. The quantitative estimate of drug-likeness (QED) is 0.845. The molecule has 2 aromatic carbocycles. The Morgan fingerprint density at radius 2 is 1.68 bits per heavy atom. The van der Waals surface area contributed by atoms with Crippen molar-refractivity contribution in [2.24, 2.45) is 0 Å². The fourth-order valence-electron chi connectivity index (χ4n) is 2.12. The number of hydrogen-bond acceptors (Lipinski definition) is 1. The summed E-state index contributed by atoms with van der Waals surface area (Å²) in [6.07, 6.45) is 1.13. The molecule has 2 rings (SSSR count). The van der Waals surface area contributed by atoms with Crippen molar-refractivity contribution in [1.82, 2.24) is 0 Å². The Labute approximate surface area is 115 Å². The fraction of sp³-hybridized carbons (Fsp3) is 0.294. The molecule has 0 aromatic heterocycles. The van der Waals surface area contributed by atoms with Crippen LogP contribution in [0.25, 0.3) is 0 Å². The summed E-state index contributed by atoms with van der Waals surface area (Å²) in [7, 11) is 2.09. The van der Waals surface area contributed by atoms with Gasteiger partial charge >= 0.3 is 0 Å². The van der Waals surface area contributed by atoms with E-state index in [1.54, 1.807) is 0 Å². The molecule has 2 nitrogen and oxygen atoms in total. The average molecular weight is 256 g/mol. The number of ether oxygens (including phenoxy) is 1. The van der Waals surface area contributed by atoms with Crippen molar-refractivity contribution in [3.8, 4) is 5.75 Å². The third kappa shape index (κ3) is 3.83. The first kappa shape index (κ1) is 13.6. The number of hydrogen-bond donors (Lipinski definition) is 1. The van der Waals surface area contributed by atoms with Crippen LogP contribution in [-0.4, -0.2) is 13.6 Å². The normalized spacial score (nSPS) is 12.1. The van der Waals surface area contributed by atoms with Crippen LogP contribution in [0.5, 0.6) is 5.75 Å². The van der Waals surface area contributed by atoms with E-state index < -0.39 is 0 Å². The lowest BCUT2D eigenvalue weighted by atomic mass is 10.1. The van der Waals surface area contributed by atoms with E-state index in [1.807, 2.05) is 24.3 Å². The molecule has 0 unspecified atom stereocenters. The molecule has 0 fully saturated rings. The lowest BCUT2D eigenvalue weighted by molar-refractivity contribution is -0.628. The van der Waals surface area contributed by atoms with Crippen molar-refractivity contribution >= 4 is 0 Å². The maximum atomic E-state index is 6.21. The number of para-hydroxylation sites is 1. The van der Waals surface area contributed by atoms with Crippen LogP contribution in [0.4, 0.5) is 0 Å². The molecule has 0 aliphatic carbocycles. The molecule has 0 aliphatic heterocycles. The van der Waals surface area contributed by atoms with E-state index in [1.165, 1.54) is 11.1 Å². The summed E-state index contributed by atoms with van der Waals surface area (Å²) in [6.45, 7) is 3.15. The van der Waals surface area contributed by atoms with E-state index in [-0.39, 0.29) is 6.10 Å². The Hall–Kier alpha value is -1.80. The molecule has 2 N–H and O–H groups in total. The fourth-order valence-corrected chi connectivity index (χ4v) is 2.12. The van der Waals surface area contributed by atoms with Gasteiger partial charge in [-0.05, 0) is 24.1 Å². The smallest absolute Gasteiger partial charge is 0.129 e. The Kier molecular flexibility index (Phi) is 4.99. The van der Waals surface area contributed by atoms with Crippen molar-refractivity contribution in [1.29, 1.82) is 0 Å². The van der Waals surface area contributed by atoms with Gasteiger partial charge in [0, 0.05) is 6.42 Å². The highest BCUT2D eigenvalue weighted by molar-refractivity contribution is 5.32. The molecule has 0 heterocycles. The Morgan fingerprint density at radius 3 is 2.37 bits per heavy atom. The lowest BCUT2D eigenvalue weighted by Gasteiger charge is -2.20. The molecule has 1 atom stereocenters. The topological polar surface area (TPSA) is 25.8 Å². The second kappa shape index (κ2) is 6.95. The van der Waals surface area contributed by atoms with Gasteiger partial charge in [0.25, 0.3) is 0 Å². The Morgan fingerprint density at radius 1 is 1.00 bits per heavy atom. The van der Waals surface area contributed by atoms with Gasteiger partial charge in [-0.25, -0.2) is 0 Å². The van der Waals surface area contributed by atoms with Gasteiger partial charge < -0.3 is 10.1 Å². The van der Waals surface area contributed by atoms with E-state index in [4.69, 9.17) is 4.74 Å².